The van der Waals surface area contributed by atoms with Crippen molar-refractivity contribution in [1.82, 2.24) is 9.88 Å². The van der Waals surface area contributed by atoms with E-state index >= 15 is 0 Å². The lowest BCUT2D eigenvalue weighted by molar-refractivity contribution is -0.138. The van der Waals surface area contributed by atoms with Crippen molar-refractivity contribution >= 4 is 21.9 Å². The van der Waals surface area contributed by atoms with E-state index in [9.17, 15) is 4.79 Å². The van der Waals surface area contributed by atoms with Gasteiger partial charge in [0, 0.05) is 23.3 Å². The predicted molar refractivity (Wildman–Crippen MR) is 72.2 cm³/mol. The molecule has 1 saturated heterocycles. The number of aromatic nitrogens is 1. The summed E-state index contributed by atoms with van der Waals surface area (Å²) < 4.78 is 0.965. The molecule has 0 aromatic carbocycles. The molecule has 2 heterocycles. The average molecular weight is 313 g/mol. The molecule has 2 rings (SSSR count). The van der Waals surface area contributed by atoms with Gasteiger partial charge in [-0.3, -0.25) is 14.7 Å². The Kier molecular flexibility index (Phi) is 4.72. The van der Waals surface area contributed by atoms with E-state index in [2.05, 4.69) is 25.8 Å². The highest BCUT2D eigenvalue weighted by molar-refractivity contribution is 9.10. The molecule has 1 aromatic rings. The summed E-state index contributed by atoms with van der Waals surface area (Å²) in [5, 5.41) is 8.94. The molecule has 1 fully saturated rings. The summed E-state index contributed by atoms with van der Waals surface area (Å²) in [6, 6.07) is 4.11. The molecule has 0 radical (unpaired) electrons. The fourth-order valence-corrected chi connectivity index (χ4v) is 2.64. The van der Waals surface area contributed by atoms with E-state index in [1.165, 1.54) is 0 Å². The number of hydrogen-bond acceptors (Lipinski definition) is 3. The number of nitrogens with zero attached hydrogens (tertiary/aromatic N) is 2. The normalized spacial score (nSPS) is 20.8. The third kappa shape index (κ3) is 3.78. The number of likely N-dealkylation sites (tertiary alicyclic amines) is 1. The van der Waals surface area contributed by atoms with E-state index < -0.39 is 5.97 Å². The third-order valence-corrected chi connectivity index (χ3v) is 3.78. The smallest absolute Gasteiger partial charge is 0.304 e. The molecule has 0 spiro atoms. The Hall–Kier alpha value is -0.940. The highest BCUT2D eigenvalue weighted by Gasteiger charge is 2.24. The van der Waals surface area contributed by atoms with Crippen LogP contribution in [0, 0.1) is 0 Å². The van der Waals surface area contributed by atoms with Crippen molar-refractivity contribution in [3.63, 3.8) is 0 Å². The Balaban J connectivity index is 2.00. The predicted octanol–water partition coefficient (Wildman–Crippen LogP) is 2.67. The molecule has 1 atom stereocenters. The van der Waals surface area contributed by atoms with Gasteiger partial charge in [-0.1, -0.05) is 6.42 Å². The van der Waals surface area contributed by atoms with Crippen LogP contribution in [0.5, 0.6) is 0 Å². The minimum absolute atomic E-state index is 0.154. The van der Waals surface area contributed by atoms with Crippen molar-refractivity contribution in [3.8, 4) is 0 Å². The Morgan fingerprint density at radius 2 is 2.33 bits per heavy atom. The molecule has 4 nitrogen and oxygen atoms in total. The number of carbonyl (C=O) groups is 1. The monoisotopic (exact) mass is 312 g/mol. The maximum Gasteiger partial charge on any atom is 0.304 e. The van der Waals surface area contributed by atoms with Crippen LogP contribution in [-0.4, -0.2) is 33.5 Å². The zero-order valence-corrected chi connectivity index (χ0v) is 11.8. The maximum atomic E-state index is 10.9. The van der Waals surface area contributed by atoms with E-state index in [0.29, 0.717) is 0 Å². The first kappa shape index (κ1) is 13.5. The molecule has 1 aliphatic rings. The van der Waals surface area contributed by atoms with E-state index in [1.54, 1.807) is 6.20 Å². The van der Waals surface area contributed by atoms with E-state index in [4.69, 9.17) is 5.11 Å². The van der Waals surface area contributed by atoms with Gasteiger partial charge in [-0.05, 0) is 47.4 Å². The SMILES string of the molecule is O=C(O)CC1CCCCN1Cc1ccc(Br)cn1. The van der Waals surface area contributed by atoms with Crippen LogP contribution in [0.2, 0.25) is 0 Å². The number of pyridine rings is 1. The standard InChI is InChI=1S/C13H17BrN2O2/c14-10-4-5-11(15-8-10)9-16-6-2-1-3-12(16)7-13(17)18/h4-5,8,12H,1-3,6-7,9H2,(H,17,18). The number of piperidine rings is 1. The second kappa shape index (κ2) is 6.29. The highest BCUT2D eigenvalue weighted by atomic mass is 79.9. The van der Waals surface area contributed by atoms with Gasteiger partial charge >= 0.3 is 5.97 Å². The number of rotatable bonds is 4. The molecule has 98 valence electrons. The van der Waals surface area contributed by atoms with Crippen LogP contribution in [0.25, 0.3) is 0 Å². The molecule has 0 amide bonds. The van der Waals surface area contributed by atoms with Crippen molar-refractivity contribution < 1.29 is 9.90 Å². The van der Waals surface area contributed by atoms with Gasteiger partial charge in [0.05, 0.1) is 12.1 Å². The van der Waals surface area contributed by atoms with E-state index in [0.717, 1.165) is 42.5 Å². The number of aliphatic carboxylic acids is 1. The fraction of sp³-hybridized carbons (Fsp3) is 0.538. The summed E-state index contributed by atoms with van der Waals surface area (Å²) >= 11 is 3.36. The molecule has 0 saturated carbocycles. The first-order chi connectivity index (χ1) is 8.65. The zero-order chi connectivity index (χ0) is 13.0. The lowest BCUT2D eigenvalue weighted by Crippen LogP contribution is -2.40. The Morgan fingerprint density at radius 1 is 1.50 bits per heavy atom. The summed E-state index contributed by atoms with van der Waals surface area (Å²) in [7, 11) is 0. The molecule has 1 unspecified atom stereocenters. The molecule has 1 N–H and O–H groups in total. The van der Waals surface area contributed by atoms with Crippen LogP contribution in [0.1, 0.15) is 31.4 Å². The Labute approximate surface area is 115 Å². The van der Waals surface area contributed by atoms with Crippen LogP contribution in [0.15, 0.2) is 22.8 Å². The van der Waals surface area contributed by atoms with E-state index in [-0.39, 0.29) is 12.5 Å². The number of hydrogen-bond donors (Lipinski definition) is 1. The summed E-state index contributed by atoms with van der Waals surface area (Å²) in [5.74, 6) is -0.712. The zero-order valence-electron chi connectivity index (χ0n) is 10.2. The third-order valence-electron chi connectivity index (χ3n) is 3.31. The molecule has 1 aromatic heterocycles. The van der Waals surface area contributed by atoms with Crippen molar-refractivity contribution in [2.45, 2.75) is 38.3 Å². The maximum absolute atomic E-state index is 10.9. The van der Waals surface area contributed by atoms with Gasteiger partial charge in [-0.2, -0.15) is 0 Å². The van der Waals surface area contributed by atoms with Crippen LogP contribution in [0.3, 0.4) is 0 Å². The van der Waals surface area contributed by atoms with Crippen molar-refractivity contribution in [2.24, 2.45) is 0 Å². The summed E-state index contributed by atoms with van der Waals surface area (Å²) in [4.78, 5) is 17.5. The summed E-state index contributed by atoms with van der Waals surface area (Å²) in [5.41, 5.74) is 0.996. The second-order valence-corrected chi connectivity index (χ2v) is 5.60. The number of carboxylic acids is 1. The van der Waals surface area contributed by atoms with Gasteiger partial charge in [0.25, 0.3) is 0 Å². The van der Waals surface area contributed by atoms with Crippen molar-refractivity contribution in [1.29, 1.82) is 0 Å². The minimum atomic E-state index is -0.712. The van der Waals surface area contributed by atoms with Crippen molar-refractivity contribution in [2.75, 3.05) is 6.54 Å². The largest absolute Gasteiger partial charge is 0.481 e. The van der Waals surface area contributed by atoms with Gasteiger partial charge in [-0.25, -0.2) is 0 Å². The van der Waals surface area contributed by atoms with Gasteiger partial charge in [-0.15, -0.1) is 0 Å². The Morgan fingerprint density at radius 3 is 3.00 bits per heavy atom. The molecule has 18 heavy (non-hydrogen) atoms. The second-order valence-electron chi connectivity index (χ2n) is 4.69. The number of halogens is 1. The van der Waals surface area contributed by atoms with Gasteiger partial charge in [0.15, 0.2) is 0 Å². The summed E-state index contributed by atoms with van der Waals surface area (Å²) in [6.07, 6.45) is 5.26. The van der Waals surface area contributed by atoms with Crippen LogP contribution < -0.4 is 0 Å². The molecule has 5 heteroatoms. The molecule has 0 aliphatic carbocycles. The van der Waals surface area contributed by atoms with Crippen LogP contribution in [0.4, 0.5) is 0 Å². The molecular formula is C13H17BrN2O2. The van der Waals surface area contributed by atoms with Crippen LogP contribution >= 0.6 is 15.9 Å². The lowest BCUT2D eigenvalue weighted by atomic mass is 9.99. The summed E-state index contributed by atoms with van der Waals surface area (Å²) in [6.45, 7) is 1.71. The molecule has 1 aliphatic heterocycles. The van der Waals surface area contributed by atoms with Crippen LogP contribution in [-0.2, 0) is 11.3 Å². The van der Waals surface area contributed by atoms with Gasteiger partial charge < -0.3 is 5.11 Å². The quantitative estimate of drug-likeness (QED) is 0.928. The van der Waals surface area contributed by atoms with Crippen molar-refractivity contribution in [3.05, 3.63) is 28.5 Å². The topological polar surface area (TPSA) is 53.4 Å². The fourth-order valence-electron chi connectivity index (χ4n) is 2.41. The minimum Gasteiger partial charge on any atom is -0.481 e. The lowest BCUT2D eigenvalue weighted by Gasteiger charge is -2.34. The molecular weight excluding hydrogens is 296 g/mol. The van der Waals surface area contributed by atoms with Gasteiger partial charge in [0.2, 0.25) is 0 Å². The van der Waals surface area contributed by atoms with Gasteiger partial charge in [0.1, 0.15) is 0 Å². The average Bonchev–Trinajstić information content (AvgIpc) is 2.34. The first-order valence-electron chi connectivity index (χ1n) is 6.21. The van der Waals surface area contributed by atoms with E-state index in [1.807, 2.05) is 12.1 Å². The number of carboxylic acid groups (broad SMARTS) is 1. The molecule has 0 bridgehead atoms. The highest BCUT2D eigenvalue weighted by Crippen LogP contribution is 2.21. The first-order valence-corrected chi connectivity index (χ1v) is 7.01. The Bertz CT molecular complexity index is 408.